The van der Waals surface area contributed by atoms with Gasteiger partial charge in [-0.25, -0.2) is 13.2 Å². The van der Waals surface area contributed by atoms with Crippen LogP contribution in [-0.2, 0) is 14.7 Å². The Balaban J connectivity index is 2.66. The topological polar surface area (TPSA) is 86.5 Å². The number of benzene rings is 1. The minimum Gasteiger partial charge on any atom is -0.370 e. The summed E-state index contributed by atoms with van der Waals surface area (Å²) in [6, 6.07) is 2.91. The molecule has 6 heteroatoms. The molecule has 98 valence electrons. The van der Waals surface area contributed by atoms with Crippen LogP contribution in [-0.4, -0.2) is 20.6 Å². The van der Waals surface area contributed by atoms with Crippen molar-refractivity contribution in [2.24, 2.45) is 5.90 Å². The van der Waals surface area contributed by atoms with Gasteiger partial charge in [0.2, 0.25) is 0 Å². The van der Waals surface area contributed by atoms with Gasteiger partial charge in [-0.1, -0.05) is 0 Å². The van der Waals surface area contributed by atoms with Crippen LogP contribution in [0.5, 0.6) is 0 Å². The van der Waals surface area contributed by atoms with Crippen LogP contribution in [0.15, 0.2) is 17.0 Å². The van der Waals surface area contributed by atoms with Gasteiger partial charge in [0.1, 0.15) is 0 Å². The molecule has 1 fully saturated rings. The molecule has 0 aliphatic heterocycles. The van der Waals surface area contributed by atoms with E-state index in [0.717, 1.165) is 18.4 Å². The summed E-state index contributed by atoms with van der Waals surface area (Å²) in [6.07, 6.45) is 3.07. The van der Waals surface area contributed by atoms with E-state index < -0.39 is 15.8 Å². The van der Waals surface area contributed by atoms with Crippen LogP contribution < -0.4 is 5.90 Å². The van der Waals surface area contributed by atoms with Crippen LogP contribution >= 0.6 is 0 Å². The molecule has 0 aromatic heterocycles. The monoisotopic (exact) mass is 269 g/mol. The molecule has 0 atom stereocenters. The first-order chi connectivity index (χ1) is 8.36. The van der Waals surface area contributed by atoms with E-state index in [1.165, 1.54) is 18.4 Å². The quantitative estimate of drug-likeness (QED) is 0.836. The normalized spacial score (nSPS) is 15.5. The predicted molar refractivity (Wildman–Crippen MR) is 65.9 cm³/mol. The van der Waals surface area contributed by atoms with Crippen LogP contribution in [0.25, 0.3) is 0 Å². The summed E-state index contributed by atoms with van der Waals surface area (Å²) in [6.45, 7) is 1.73. The molecule has 1 aliphatic carbocycles. The fourth-order valence-corrected chi connectivity index (χ4v) is 3.23. The van der Waals surface area contributed by atoms with Gasteiger partial charge in [0.15, 0.2) is 9.84 Å². The number of rotatable bonds is 3. The third kappa shape index (κ3) is 2.26. The second-order valence-corrected chi connectivity index (χ2v) is 6.59. The minimum absolute atomic E-state index is 0.222. The molecule has 0 heterocycles. The molecule has 0 saturated heterocycles. The van der Waals surface area contributed by atoms with Crippen molar-refractivity contribution in [1.82, 2.24) is 0 Å². The van der Waals surface area contributed by atoms with Crippen molar-refractivity contribution in [3.63, 3.8) is 0 Å². The molecule has 0 bridgehead atoms. The zero-order valence-electron chi connectivity index (χ0n) is 10.3. The molecule has 2 N–H and O–H groups in total. The van der Waals surface area contributed by atoms with Gasteiger partial charge in [0.25, 0.3) is 0 Å². The molecule has 0 spiro atoms. The second-order valence-electron chi connectivity index (χ2n) is 4.60. The highest BCUT2D eigenvalue weighted by Crippen LogP contribution is 2.45. The van der Waals surface area contributed by atoms with Crippen molar-refractivity contribution in [1.29, 1.82) is 0 Å². The number of carbonyl (C=O) groups is 1. The van der Waals surface area contributed by atoms with E-state index in [-0.39, 0.29) is 5.92 Å². The minimum atomic E-state index is -3.29. The Kier molecular flexibility index (Phi) is 3.16. The smallest absolute Gasteiger partial charge is 0.356 e. The molecule has 1 aliphatic rings. The maximum absolute atomic E-state index is 11.7. The molecular formula is C12H15NO4S. The van der Waals surface area contributed by atoms with Crippen LogP contribution in [0.2, 0.25) is 0 Å². The molecule has 0 unspecified atom stereocenters. The van der Waals surface area contributed by atoms with Gasteiger partial charge >= 0.3 is 5.97 Å². The molecule has 1 saturated carbocycles. The Bertz CT molecular complexity index is 603. The standard InChI is InChI=1S/C12H15NO4S/c1-7-9(12(14)17-13)5-6-10(18(2,15)16)11(7)8-3-4-8/h5-6,8H,3-4,13H2,1-2H3. The van der Waals surface area contributed by atoms with Crippen LogP contribution in [0.3, 0.4) is 0 Å². The molecule has 5 nitrogen and oxygen atoms in total. The van der Waals surface area contributed by atoms with Crippen molar-refractivity contribution in [2.45, 2.75) is 30.6 Å². The van der Waals surface area contributed by atoms with Crippen molar-refractivity contribution in [3.8, 4) is 0 Å². The number of hydrogen-bond donors (Lipinski definition) is 1. The third-order valence-corrected chi connectivity index (χ3v) is 4.34. The van der Waals surface area contributed by atoms with E-state index in [1.54, 1.807) is 6.92 Å². The first kappa shape index (κ1) is 13.0. The Morgan fingerprint density at radius 1 is 1.39 bits per heavy atom. The SMILES string of the molecule is Cc1c(C(=O)ON)ccc(S(C)(=O)=O)c1C1CC1. The summed E-state index contributed by atoms with van der Waals surface area (Å²) in [5.41, 5.74) is 1.71. The molecule has 1 aromatic rings. The Hall–Kier alpha value is -1.40. The molecular weight excluding hydrogens is 254 g/mol. The molecule has 0 amide bonds. The molecule has 0 radical (unpaired) electrons. The summed E-state index contributed by atoms with van der Waals surface area (Å²) in [4.78, 5) is 16.0. The van der Waals surface area contributed by atoms with Crippen molar-refractivity contribution in [2.75, 3.05) is 6.26 Å². The largest absolute Gasteiger partial charge is 0.370 e. The summed E-state index contributed by atoms with van der Waals surface area (Å²) in [5, 5.41) is 0. The lowest BCUT2D eigenvalue weighted by molar-refractivity contribution is 0.0502. The highest BCUT2D eigenvalue weighted by molar-refractivity contribution is 7.90. The summed E-state index contributed by atoms with van der Waals surface area (Å²) < 4.78 is 23.5. The van der Waals surface area contributed by atoms with Crippen LogP contribution in [0, 0.1) is 6.92 Å². The highest BCUT2D eigenvalue weighted by atomic mass is 32.2. The average Bonchev–Trinajstić information content (AvgIpc) is 3.10. The first-order valence-corrected chi connectivity index (χ1v) is 7.50. The maximum atomic E-state index is 11.7. The molecule has 1 aromatic carbocycles. The average molecular weight is 269 g/mol. The lowest BCUT2D eigenvalue weighted by Gasteiger charge is -2.13. The Morgan fingerprint density at radius 3 is 2.44 bits per heavy atom. The van der Waals surface area contributed by atoms with E-state index in [4.69, 9.17) is 5.90 Å². The van der Waals surface area contributed by atoms with Gasteiger partial charge in [-0.2, -0.15) is 5.90 Å². The summed E-state index contributed by atoms with van der Waals surface area (Å²) >= 11 is 0. The van der Waals surface area contributed by atoms with Gasteiger partial charge in [-0.05, 0) is 48.9 Å². The van der Waals surface area contributed by atoms with Crippen molar-refractivity contribution >= 4 is 15.8 Å². The number of hydrogen-bond acceptors (Lipinski definition) is 5. The lowest BCUT2D eigenvalue weighted by Crippen LogP contribution is -2.14. The van der Waals surface area contributed by atoms with Gasteiger partial charge in [-0.3, -0.25) is 0 Å². The predicted octanol–water partition coefficient (Wildman–Crippen LogP) is 1.31. The van der Waals surface area contributed by atoms with E-state index >= 15 is 0 Å². The van der Waals surface area contributed by atoms with Gasteiger partial charge in [-0.15, -0.1) is 0 Å². The zero-order chi connectivity index (χ0) is 13.5. The van der Waals surface area contributed by atoms with Crippen molar-refractivity contribution in [3.05, 3.63) is 28.8 Å². The Morgan fingerprint density at radius 2 is 2.00 bits per heavy atom. The van der Waals surface area contributed by atoms with Crippen LogP contribution in [0.4, 0.5) is 0 Å². The van der Waals surface area contributed by atoms with Gasteiger partial charge < -0.3 is 4.84 Å². The fraction of sp³-hybridized carbons (Fsp3) is 0.417. The number of carbonyl (C=O) groups excluding carboxylic acids is 1. The molecule has 18 heavy (non-hydrogen) atoms. The first-order valence-electron chi connectivity index (χ1n) is 5.61. The summed E-state index contributed by atoms with van der Waals surface area (Å²) in [7, 11) is -3.29. The fourth-order valence-electron chi connectivity index (χ4n) is 2.19. The van der Waals surface area contributed by atoms with E-state index in [0.29, 0.717) is 16.0 Å². The molecule has 2 rings (SSSR count). The van der Waals surface area contributed by atoms with Crippen LogP contribution in [0.1, 0.15) is 40.2 Å². The maximum Gasteiger partial charge on any atom is 0.356 e. The van der Waals surface area contributed by atoms with Gasteiger partial charge in [0, 0.05) is 6.26 Å². The van der Waals surface area contributed by atoms with Crippen molar-refractivity contribution < 1.29 is 18.0 Å². The van der Waals surface area contributed by atoms with E-state index in [9.17, 15) is 13.2 Å². The van der Waals surface area contributed by atoms with E-state index in [2.05, 4.69) is 4.84 Å². The number of nitrogens with two attached hydrogens (primary N) is 1. The Labute approximate surface area is 106 Å². The highest BCUT2D eigenvalue weighted by Gasteiger charge is 2.32. The third-order valence-electron chi connectivity index (χ3n) is 3.19. The van der Waals surface area contributed by atoms with E-state index in [1.807, 2.05) is 0 Å². The second kappa shape index (κ2) is 4.37. The number of sulfone groups is 1. The zero-order valence-corrected chi connectivity index (χ0v) is 11.1. The summed E-state index contributed by atoms with van der Waals surface area (Å²) in [5.74, 6) is 4.45. The van der Waals surface area contributed by atoms with Gasteiger partial charge in [0.05, 0.1) is 10.5 Å². The lowest BCUT2D eigenvalue weighted by atomic mass is 9.99.